The van der Waals surface area contributed by atoms with E-state index in [1.165, 1.54) is 32.4 Å². The van der Waals surface area contributed by atoms with E-state index in [1.54, 1.807) is 7.11 Å². The maximum absolute atomic E-state index is 13.1. The lowest BCUT2D eigenvalue weighted by atomic mass is 9.91. The minimum Gasteiger partial charge on any atom is -0.495 e. The molecule has 2 N–H and O–H groups in total. The van der Waals surface area contributed by atoms with Gasteiger partial charge in [-0.25, -0.2) is 0 Å². The Labute approximate surface area is 163 Å². The van der Waals surface area contributed by atoms with Gasteiger partial charge in [0.25, 0.3) is 5.91 Å². The molecule has 2 fully saturated rings. The predicted molar refractivity (Wildman–Crippen MR) is 110 cm³/mol. The molecule has 0 unspecified atom stereocenters. The van der Waals surface area contributed by atoms with E-state index in [9.17, 15) is 4.79 Å². The predicted octanol–water partition coefficient (Wildman–Crippen LogP) is 3.57. The van der Waals surface area contributed by atoms with Crippen LogP contribution in [-0.2, 0) is 6.42 Å². The number of hydrogen-bond acceptors (Lipinski definition) is 4. The van der Waals surface area contributed by atoms with Crippen LogP contribution in [0, 0.1) is 5.92 Å². The standard InChI is InChI=1S/C22H35N3O2/c1-4-16-6-10-24(11-7-16)18-8-12-25(13-9-18)22(26)19-15-21(27-3)20(23)14-17(19)5-2/h14-16,18H,4-13,23H2,1-3H3. The summed E-state index contributed by atoms with van der Waals surface area (Å²) in [7, 11) is 1.60. The molecule has 1 aromatic rings. The van der Waals surface area contributed by atoms with Crippen molar-refractivity contribution >= 4 is 11.6 Å². The summed E-state index contributed by atoms with van der Waals surface area (Å²) >= 11 is 0. The molecule has 2 heterocycles. The molecule has 0 atom stereocenters. The number of carbonyl (C=O) groups is 1. The molecule has 5 nitrogen and oxygen atoms in total. The van der Waals surface area contributed by atoms with Crippen LogP contribution >= 0.6 is 0 Å². The number of aryl methyl sites for hydroxylation is 1. The summed E-state index contributed by atoms with van der Waals surface area (Å²) in [6, 6.07) is 4.34. The first-order valence-electron chi connectivity index (χ1n) is 10.6. The molecule has 0 spiro atoms. The number of nitrogens with zero attached hydrogens (tertiary/aromatic N) is 2. The Morgan fingerprint density at radius 3 is 2.33 bits per heavy atom. The van der Waals surface area contributed by atoms with Crippen LogP contribution in [0.15, 0.2) is 12.1 Å². The molecule has 1 aromatic carbocycles. The number of methoxy groups -OCH3 is 1. The Morgan fingerprint density at radius 2 is 1.78 bits per heavy atom. The van der Waals surface area contributed by atoms with Gasteiger partial charge in [-0.05, 0) is 68.8 Å². The van der Waals surface area contributed by atoms with Crippen molar-refractivity contribution in [3.63, 3.8) is 0 Å². The number of carbonyl (C=O) groups excluding carboxylic acids is 1. The summed E-state index contributed by atoms with van der Waals surface area (Å²) in [5.74, 6) is 1.62. The van der Waals surface area contributed by atoms with Crippen molar-refractivity contribution in [1.82, 2.24) is 9.80 Å². The average molecular weight is 374 g/mol. The van der Waals surface area contributed by atoms with Crippen molar-refractivity contribution < 1.29 is 9.53 Å². The second-order valence-corrected chi connectivity index (χ2v) is 8.02. The number of amides is 1. The molecule has 0 aliphatic carbocycles. The van der Waals surface area contributed by atoms with Crippen molar-refractivity contribution in [3.05, 3.63) is 23.3 Å². The fourth-order valence-corrected chi connectivity index (χ4v) is 4.64. The molecule has 0 aromatic heterocycles. The number of nitrogens with two attached hydrogens (primary N) is 1. The minimum absolute atomic E-state index is 0.119. The number of hydrogen-bond donors (Lipinski definition) is 1. The fraction of sp³-hybridized carbons (Fsp3) is 0.682. The topological polar surface area (TPSA) is 58.8 Å². The van der Waals surface area contributed by atoms with E-state index < -0.39 is 0 Å². The zero-order valence-electron chi connectivity index (χ0n) is 17.2. The van der Waals surface area contributed by atoms with Gasteiger partial charge in [-0.15, -0.1) is 0 Å². The summed E-state index contributed by atoms with van der Waals surface area (Å²) in [5, 5.41) is 0. The molecular formula is C22H35N3O2. The Kier molecular flexibility index (Phi) is 6.64. The first kappa shape index (κ1) is 20.0. The number of benzene rings is 1. The first-order chi connectivity index (χ1) is 13.1. The third kappa shape index (κ3) is 4.40. The Bertz CT molecular complexity index is 645. The number of likely N-dealkylation sites (tertiary alicyclic amines) is 2. The SMILES string of the molecule is CCc1cc(N)c(OC)cc1C(=O)N1CCC(N2CCC(CC)CC2)CC1. The molecule has 150 valence electrons. The Balaban J connectivity index is 1.62. The highest BCUT2D eigenvalue weighted by Crippen LogP contribution is 2.29. The second kappa shape index (κ2) is 8.96. The molecular weight excluding hydrogens is 338 g/mol. The largest absolute Gasteiger partial charge is 0.495 e. The monoisotopic (exact) mass is 373 g/mol. The summed E-state index contributed by atoms with van der Waals surface area (Å²) in [4.78, 5) is 17.8. The van der Waals surface area contributed by atoms with Crippen molar-refractivity contribution in [2.75, 3.05) is 39.0 Å². The zero-order valence-corrected chi connectivity index (χ0v) is 17.2. The molecule has 2 saturated heterocycles. The van der Waals surface area contributed by atoms with Crippen molar-refractivity contribution in [2.45, 2.75) is 58.4 Å². The van der Waals surface area contributed by atoms with Gasteiger partial charge in [-0.2, -0.15) is 0 Å². The Morgan fingerprint density at radius 1 is 1.11 bits per heavy atom. The quantitative estimate of drug-likeness (QED) is 0.802. The second-order valence-electron chi connectivity index (χ2n) is 8.02. The van der Waals surface area contributed by atoms with Crippen LogP contribution in [0.5, 0.6) is 5.75 Å². The number of piperidine rings is 2. The Hall–Kier alpha value is -1.75. The molecule has 0 saturated carbocycles. The van der Waals surface area contributed by atoms with Crippen LogP contribution in [-0.4, -0.2) is 55.0 Å². The van der Waals surface area contributed by atoms with Crippen molar-refractivity contribution in [1.29, 1.82) is 0 Å². The zero-order chi connectivity index (χ0) is 19.4. The van der Waals surface area contributed by atoms with Gasteiger partial charge in [0.15, 0.2) is 0 Å². The smallest absolute Gasteiger partial charge is 0.254 e. The molecule has 0 radical (unpaired) electrons. The number of nitrogen functional groups attached to an aromatic ring is 1. The maximum Gasteiger partial charge on any atom is 0.254 e. The molecule has 2 aliphatic heterocycles. The highest BCUT2D eigenvalue weighted by molar-refractivity contribution is 5.97. The van der Waals surface area contributed by atoms with E-state index in [-0.39, 0.29) is 5.91 Å². The van der Waals surface area contributed by atoms with Gasteiger partial charge in [0.2, 0.25) is 0 Å². The van der Waals surface area contributed by atoms with Gasteiger partial charge in [-0.1, -0.05) is 20.3 Å². The van der Waals surface area contributed by atoms with Gasteiger partial charge in [0.1, 0.15) is 5.75 Å². The van der Waals surface area contributed by atoms with E-state index in [1.807, 2.05) is 17.0 Å². The van der Waals surface area contributed by atoms with Crippen LogP contribution < -0.4 is 10.5 Å². The van der Waals surface area contributed by atoms with Gasteiger partial charge in [-0.3, -0.25) is 4.79 Å². The third-order valence-electron chi connectivity index (χ3n) is 6.56. The van der Waals surface area contributed by atoms with Gasteiger partial charge < -0.3 is 20.3 Å². The molecule has 0 bridgehead atoms. The van der Waals surface area contributed by atoms with Gasteiger partial charge >= 0.3 is 0 Å². The van der Waals surface area contributed by atoms with E-state index in [0.717, 1.165) is 49.4 Å². The van der Waals surface area contributed by atoms with E-state index in [4.69, 9.17) is 10.5 Å². The lowest BCUT2D eigenvalue weighted by molar-refractivity contribution is 0.0549. The number of rotatable bonds is 5. The molecule has 3 rings (SSSR count). The number of anilines is 1. The lowest BCUT2D eigenvalue weighted by Gasteiger charge is -2.41. The fourth-order valence-electron chi connectivity index (χ4n) is 4.64. The van der Waals surface area contributed by atoms with Crippen LogP contribution in [0.3, 0.4) is 0 Å². The first-order valence-corrected chi connectivity index (χ1v) is 10.6. The van der Waals surface area contributed by atoms with Crippen LogP contribution in [0.4, 0.5) is 5.69 Å². The van der Waals surface area contributed by atoms with Gasteiger partial charge in [0, 0.05) is 24.7 Å². The van der Waals surface area contributed by atoms with E-state index >= 15 is 0 Å². The summed E-state index contributed by atoms with van der Waals surface area (Å²) in [5.41, 5.74) is 8.36. The van der Waals surface area contributed by atoms with Crippen molar-refractivity contribution in [3.8, 4) is 5.75 Å². The average Bonchev–Trinajstić information content (AvgIpc) is 2.73. The summed E-state index contributed by atoms with van der Waals surface area (Å²) in [6.07, 6.45) is 6.93. The third-order valence-corrected chi connectivity index (χ3v) is 6.56. The highest BCUT2D eigenvalue weighted by atomic mass is 16.5. The summed E-state index contributed by atoms with van der Waals surface area (Å²) < 4.78 is 5.33. The molecule has 1 amide bonds. The molecule has 5 heteroatoms. The minimum atomic E-state index is 0.119. The number of ether oxygens (including phenoxy) is 1. The van der Waals surface area contributed by atoms with Crippen LogP contribution in [0.2, 0.25) is 0 Å². The normalized spacial score (nSPS) is 20.0. The molecule has 27 heavy (non-hydrogen) atoms. The van der Waals surface area contributed by atoms with Crippen LogP contribution in [0.25, 0.3) is 0 Å². The molecule has 2 aliphatic rings. The lowest BCUT2D eigenvalue weighted by Crippen LogP contribution is -2.49. The summed E-state index contributed by atoms with van der Waals surface area (Å²) in [6.45, 7) is 8.50. The van der Waals surface area contributed by atoms with E-state index in [2.05, 4.69) is 18.7 Å². The maximum atomic E-state index is 13.1. The van der Waals surface area contributed by atoms with Crippen LogP contribution in [0.1, 0.15) is 61.9 Å². The van der Waals surface area contributed by atoms with Gasteiger partial charge in [0.05, 0.1) is 12.8 Å². The van der Waals surface area contributed by atoms with E-state index in [0.29, 0.717) is 17.5 Å². The van der Waals surface area contributed by atoms with Crippen molar-refractivity contribution in [2.24, 2.45) is 5.92 Å². The highest BCUT2D eigenvalue weighted by Gasteiger charge is 2.30.